The molecular formula is C16H12F3NO3. The predicted molar refractivity (Wildman–Crippen MR) is 73.3 cm³/mol. The average molecular weight is 323 g/mol. The number of amides is 2. The summed E-state index contributed by atoms with van der Waals surface area (Å²) in [5.74, 6) is -2.79. The van der Waals surface area contributed by atoms with E-state index in [1.54, 1.807) is 19.1 Å². The number of ether oxygens (including phenoxy) is 1. The fourth-order valence-corrected chi connectivity index (χ4v) is 3.80. The highest BCUT2D eigenvalue weighted by Gasteiger charge is 2.66. The van der Waals surface area contributed by atoms with Crippen LogP contribution in [0.25, 0.3) is 0 Å². The standard InChI is InChI=1S/C16H12F3NO3/c1-15-7-6-10(23-15)11-12(15)14(22)20(13(11)21)9-5-3-2-4-8(9)16(17,18)19/h2-7,10-12H,1H3/t10-,11-,12-,15+/m1/s1. The molecule has 0 saturated carbocycles. The molecule has 2 saturated heterocycles. The summed E-state index contributed by atoms with van der Waals surface area (Å²) in [4.78, 5) is 26.0. The van der Waals surface area contributed by atoms with Crippen LogP contribution < -0.4 is 4.90 Å². The topological polar surface area (TPSA) is 46.6 Å². The molecule has 1 aromatic rings. The molecule has 3 aliphatic rings. The summed E-state index contributed by atoms with van der Waals surface area (Å²) in [6, 6.07) is 4.63. The van der Waals surface area contributed by atoms with Gasteiger partial charge >= 0.3 is 6.18 Å². The molecule has 4 nitrogen and oxygen atoms in total. The van der Waals surface area contributed by atoms with E-state index >= 15 is 0 Å². The van der Waals surface area contributed by atoms with E-state index in [4.69, 9.17) is 4.74 Å². The molecule has 1 aromatic carbocycles. The molecule has 7 heteroatoms. The lowest BCUT2D eigenvalue weighted by atomic mass is 9.78. The van der Waals surface area contributed by atoms with Crippen molar-refractivity contribution in [3.63, 3.8) is 0 Å². The number of benzene rings is 1. The third-order valence-electron chi connectivity index (χ3n) is 4.78. The number of fused-ring (bicyclic) bond motifs is 5. The number of hydrogen-bond acceptors (Lipinski definition) is 3. The Balaban J connectivity index is 1.82. The lowest BCUT2D eigenvalue weighted by Gasteiger charge is -2.25. The summed E-state index contributed by atoms with van der Waals surface area (Å²) in [6.45, 7) is 1.68. The zero-order valence-electron chi connectivity index (χ0n) is 12.0. The number of carbonyl (C=O) groups is 2. The van der Waals surface area contributed by atoms with Crippen LogP contribution in [0.1, 0.15) is 12.5 Å². The third-order valence-corrected chi connectivity index (χ3v) is 4.78. The number of nitrogens with zero attached hydrogens (tertiary/aromatic N) is 1. The van der Waals surface area contributed by atoms with Crippen molar-refractivity contribution in [1.82, 2.24) is 0 Å². The Morgan fingerprint density at radius 3 is 2.52 bits per heavy atom. The highest BCUT2D eigenvalue weighted by molar-refractivity contribution is 6.23. The van der Waals surface area contributed by atoms with Crippen LogP contribution in [0.5, 0.6) is 0 Å². The molecule has 0 spiro atoms. The minimum absolute atomic E-state index is 0.410. The molecule has 0 N–H and O–H groups in total. The van der Waals surface area contributed by atoms with Crippen molar-refractivity contribution in [3.8, 4) is 0 Å². The molecule has 0 radical (unpaired) electrons. The van der Waals surface area contributed by atoms with Gasteiger partial charge in [0.25, 0.3) is 0 Å². The van der Waals surface area contributed by atoms with Gasteiger partial charge < -0.3 is 4.74 Å². The molecule has 2 amide bonds. The van der Waals surface area contributed by atoms with Gasteiger partial charge in [0.1, 0.15) is 0 Å². The number of para-hydroxylation sites is 1. The van der Waals surface area contributed by atoms with Crippen LogP contribution in [0.3, 0.4) is 0 Å². The summed E-state index contributed by atoms with van der Waals surface area (Å²) >= 11 is 0. The summed E-state index contributed by atoms with van der Waals surface area (Å²) in [5, 5.41) is 0. The number of alkyl halides is 3. The fourth-order valence-electron chi connectivity index (χ4n) is 3.80. The second-order valence-electron chi connectivity index (χ2n) is 6.16. The highest BCUT2D eigenvalue weighted by Crippen LogP contribution is 2.53. The van der Waals surface area contributed by atoms with E-state index in [1.165, 1.54) is 12.1 Å². The molecule has 0 unspecified atom stereocenters. The number of anilines is 1. The molecule has 0 aromatic heterocycles. The van der Waals surface area contributed by atoms with Gasteiger partial charge in [-0.2, -0.15) is 13.2 Å². The minimum Gasteiger partial charge on any atom is -0.362 e. The quantitative estimate of drug-likeness (QED) is 0.589. The number of imide groups is 1. The number of hydrogen-bond donors (Lipinski definition) is 0. The van der Waals surface area contributed by atoms with Crippen molar-refractivity contribution < 1.29 is 27.5 Å². The molecule has 3 aliphatic heterocycles. The summed E-state index contributed by atoms with van der Waals surface area (Å²) in [6.07, 6.45) is -1.79. The molecular weight excluding hydrogens is 311 g/mol. The second kappa shape index (κ2) is 4.23. The summed E-state index contributed by atoms with van der Waals surface area (Å²) in [5.41, 5.74) is -2.33. The van der Waals surface area contributed by atoms with E-state index in [0.29, 0.717) is 4.90 Å². The van der Waals surface area contributed by atoms with Gasteiger partial charge in [-0.15, -0.1) is 0 Å². The van der Waals surface area contributed by atoms with E-state index < -0.39 is 52.8 Å². The number of halogens is 3. The van der Waals surface area contributed by atoms with Crippen LogP contribution in [0, 0.1) is 11.8 Å². The summed E-state index contributed by atoms with van der Waals surface area (Å²) < 4.78 is 45.3. The maximum absolute atomic E-state index is 13.2. The van der Waals surface area contributed by atoms with Gasteiger partial charge in [-0.1, -0.05) is 24.3 Å². The first-order valence-corrected chi connectivity index (χ1v) is 7.15. The smallest absolute Gasteiger partial charge is 0.362 e. The van der Waals surface area contributed by atoms with Crippen LogP contribution in [0.2, 0.25) is 0 Å². The van der Waals surface area contributed by atoms with E-state index in [9.17, 15) is 22.8 Å². The van der Waals surface area contributed by atoms with Crippen LogP contribution in [0.4, 0.5) is 18.9 Å². The van der Waals surface area contributed by atoms with Crippen LogP contribution in [0.15, 0.2) is 36.4 Å². The number of rotatable bonds is 1. The Morgan fingerprint density at radius 1 is 1.17 bits per heavy atom. The first-order chi connectivity index (χ1) is 10.7. The molecule has 0 aliphatic carbocycles. The van der Waals surface area contributed by atoms with Crippen molar-refractivity contribution in [1.29, 1.82) is 0 Å². The lowest BCUT2D eigenvalue weighted by molar-refractivity contribution is -0.137. The Kier molecular flexibility index (Phi) is 2.65. The van der Waals surface area contributed by atoms with Gasteiger partial charge in [0.15, 0.2) is 0 Å². The van der Waals surface area contributed by atoms with Crippen LogP contribution in [-0.4, -0.2) is 23.5 Å². The molecule has 3 heterocycles. The maximum atomic E-state index is 13.2. The largest absolute Gasteiger partial charge is 0.418 e. The van der Waals surface area contributed by atoms with E-state index in [2.05, 4.69) is 0 Å². The van der Waals surface area contributed by atoms with Gasteiger partial charge in [-0.3, -0.25) is 9.59 Å². The Bertz CT molecular complexity index is 757. The minimum atomic E-state index is -4.65. The lowest BCUT2D eigenvalue weighted by Crippen LogP contribution is -2.39. The van der Waals surface area contributed by atoms with Crippen molar-refractivity contribution in [2.45, 2.75) is 24.8 Å². The zero-order valence-corrected chi connectivity index (χ0v) is 12.0. The van der Waals surface area contributed by atoms with Crippen molar-refractivity contribution in [3.05, 3.63) is 42.0 Å². The molecule has 23 heavy (non-hydrogen) atoms. The highest BCUT2D eigenvalue weighted by atomic mass is 19.4. The van der Waals surface area contributed by atoms with Crippen molar-refractivity contribution in [2.24, 2.45) is 11.8 Å². The Hall–Kier alpha value is -2.15. The first-order valence-electron chi connectivity index (χ1n) is 7.15. The van der Waals surface area contributed by atoms with Crippen molar-refractivity contribution >= 4 is 17.5 Å². The molecule has 2 fully saturated rings. The fraction of sp³-hybridized carbons (Fsp3) is 0.375. The van der Waals surface area contributed by atoms with Gasteiger partial charge in [0.05, 0.1) is 34.8 Å². The molecule has 4 rings (SSSR count). The normalized spacial score (nSPS) is 35.3. The molecule has 2 bridgehead atoms. The van der Waals surface area contributed by atoms with Gasteiger partial charge in [-0.25, -0.2) is 4.90 Å². The van der Waals surface area contributed by atoms with Crippen LogP contribution >= 0.6 is 0 Å². The monoisotopic (exact) mass is 323 g/mol. The van der Waals surface area contributed by atoms with E-state index in [1.807, 2.05) is 0 Å². The number of carbonyl (C=O) groups excluding carboxylic acids is 2. The molecule has 120 valence electrons. The Morgan fingerprint density at radius 2 is 1.87 bits per heavy atom. The van der Waals surface area contributed by atoms with Gasteiger partial charge in [0.2, 0.25) is 11.8 Å². The predicted octanol–water partition coefficient (Wildman–Crippen LogP) is 2.54. The van der Waals surface area contributed by atoms with Gasteiger partial charge in [0, 0.05) is 0 Å². The third kappa shape index (κ3) is 1.77. The SMILES string of the molecule is C[C@@]12C=C[C@@H](O1)[C@H]1C(=O)N(c3ccccc3C(F)(F)F)C(=O)[C@@H]12. The second-order valence-corrected chi connectivity index (χ2v) is 6.16. The van der Waals surface area contributed by atoms with Crippen molar-refractivity contribution in [2.75, 3.05) is 4.90 Å². The van der Waals surface area contributed by atoms with Crippen LogP contribution in [-0.2, 0) is 20.5 Å². The Labute approximate surface area is 129 Å². The van der Waals surface area contributed by atoms with E-state index in [-0.39, 0.29) is 0 Å². The maximum Gasteiger partial charge on any atom is 0.418 e. The van der Waals surface area contributed by atoms with Gasteiger partial charge in [-0.05, 0) is 19.1 Å². The average Bonchev–Trinajstić information content (AvgIpc) is 3.07. The zero-order chi connectivity index (χ0) is 16.6. The molecule has 4 atom stereocenters. The summed E-state index contributed by atoms with van der Waals surface area (Å²) in [7, 11) is 0. The first kappa shape index (κ1) is 14.4. The van der Waals surface area contributed by atoms with E-state index in [0.717, 1.165) is 12.1 Å².